The second-order valence-electron chi connectivity index (χ2n) is 10.8. The number of halogens is 1. The van der Waals surface area contributed by atoms with Crippen molar-refractivity contribution in [3.63, 3.8) is 0 Å². The number of carbonyl (C=O) groups excluding carboxylic acids is 1. The number of rotatable bonds is 11. The van der Waals surface area contributed by atoms with Gasteiger partial charge in [0, 0.05) is 43.1 Å². The Morgan fingerprint density at radius 1 is 1.10 bits per heavy atom. The lowest BCUT2D eigenvalue weighted by Gasteiger charge is -2.27. The van der Waals surface area contributed by atoms with E-state index >= 15 is 4.39 Å². The molecule has 2 N–H and O–H groups in total. The van der Waals surface area contributed by atoms with Crippen molar-refractivity contribution in [3.05, 3.63) is 89.0 Å². The first kappa shape index (κ1) is 27.5. The van der Waals surface area contributed by atoms with Crippen molar-refractivity contribution in [2.75, 3.05) is 11.9 Å². The molecule has 42 heavy (non-hydrogen) atoms. The standard InChI is InChI=1S/C33H34FN5O3/c1-3-8-22(9-4-2)37-33(41)25-19-39-29-23-11-6-5-10-21(23)12-13-27(29)42-32-28(26(34)18-24(30(32)39)31(25)40)36-14-7-16-38-17-15-35-20-38/h5-6,10-13,15,17-20,22,36H,3-4,7-9,14,16H2,1-2H3,(H,37,41). The van der Waals surface area contributed by atoms with E-state index in [1.165, 1.54) is 6.07 Å². The van der Waals surface area contributed by atoms with Gasteiger partial charge in [-0.1, -0.05) is 57.0 Å². The van der Waals surface area contributed by atoms with Gasteiger partial charge in [-0.2, -0.15) is 0 Å². The molecule has 1 aliphatic rings. The predicted molar refractivity (Wildman–Crippen MR) is 163 cm³/mol. The summed E-state index contributed by atoms with van der Waals surface area (Å²) in [6.07, 6.45) is 11.1. The van der Waals surface area contributed by atoms with E-state index in [9.17, 15) is 9.59 Å². The number of pyridine rings is 1. The normalized spacial score (nSPS) is 12.0. The molecule has 9 heteroatoms. The SMILES string of the molecule is CCCC(CCC)NC(=O)c1cn2c3c(c(NCCCn4ccnc4)c(F)cc3c1=O)Oc1ccc3ccccc3c1-2. The van der Waals surface area contributed by atoms with Gasteiger partial charge in [0.05, 0.1) is 17.4 Å². The Morgan fingerprint density at radius 2 is 1.90 bits per heavy atom. The average molecular weight is 568 g/mol. The molecule has 0 fully saturated rings. The zero-order valence-corrected chi connectivity index (χ0v) is 23.8. The van der Waals surface area contributed by atoms with Gasteiger partial charge in [0.2, 0.25) is 5.43 Å². The molecule has 0 aliphatic carbocycles. The largest absolute Gasteiger partial charge is 0.451 e. The minimum Gasteiger partial charge on any atom is -0.451 e. The van der Waals surface area contributed by atoms with Gasteiger partial charge in [0.25, 0.3) is 5.91 Å². The van der Waals surface area contributed by atoms with E-state index in [1.807, 2.05) is 51.7 Å². The van der Waals surface area contributed by atoms with E-state index in [0.29, 0.717) is 30.0 Å². The number of nitrogens with zero attached hydrogens (tertiary/aromatic N) is 3. The highest BCUT2D eigenvalue weighted by Gasteiger charge is 2.30. The molecule has 1 aliphatic heterocycles. The van der Waals surface area contributed by atoms with Crippen LogP contribution in [0.5, 0.6) is 11.5 Å². The number of anilines is 1. The highest BCUT2D eigenvalue weighted by Crippen LogP contribution is 2.47. The van der Waals surface area contributed by atoms with Crippen LogP contribution in [0.3, 0.4) is 0 Å². The van der Waals surface area contributed by atoms with E-state index in [2.05, 4.69) is 29.5 Å². The highest BCUT2D eigenvalue weighted by atomic mass is 19.1. The fraction of sp³-hybridized carbons (Fsp3) is 0.303. The number of aryl methyl sites for hydroxylation is 1. The summed E-state index contributed by atoms with van der Waals surface area (Å²) in [7, 11) is 0. The van der Waals surface area contributed by atoms with Crippen LogP contribution >= 0.6 is 0 Å². The summed E-state index contributed by atoms with van der Waals surface area (Å²) in [5, 5.41) is 8.23. The summed E-state index contributed by atoms with van der Waals surface area (Å²) in [6, 6.07) is 12.8. The number of hydrogen-bond acceptors (Lipinski definition) is 5. The minimum absolute atomic E-state index is 0.0214. The molecule has 5 aromatic rings. The summed E-state index contributed by atoms with van der Waals surface area (Å²) in [5.41, 5.74) is 0.772. The van der Waals surface area contributed by atoms with Gasteiger partial charge in [0.15, 0.2) is 17.3 Å². The number of fused-ring (bicyclic) bond motifs is 4. The zero-order valence-electron chi connectivity index (χ0n) is 23.8. The van der Waals surface area contributed by atoms with E-state index in [4.69, 9.17) is 4.74 Å². The van der Waals surface area contributed by atoms with E-state index in [-0.39, 0.29) is 28.4 Å². The lowest BCUT2D eigenvalue weighted by molar-refractivity contribution is 0.0931. The van der Waals surface area contributed by atoms with Gasteiger partial charge in [-0.25, -0.2) is 9.37 Å². The second-order valence-corrected chi connectivity index (χ2v) is 10.8. The van der Waals surface area contributed by atoms with Crippen LogP contribution in [0.2, 0.25) is 0 Å². The maximum atomic E-state index is 15.8. The van der Waals surface area contributed by atoms with Crippen molar-refractivity contribution >= 4 is 33.3 Å². The Bertz CT molecular complexity index is 1820. The first-order valence-corrected chi connectivity index (χ1v) is 14.6. The van der Waals surface area contributed by atoms with Crippen molar-refractivity contribution in [1.29, 1.82) is 0 Å². The summed E-state index contributed by atoms with van der Waals surface area (Å²) in [6.45, 7) is 5.33. The molecule has 0 unspecified atom stereocenters. The van der Waals surface area contributed by atoms with E-state index in [0.717, 1.165) is 42.9 Å². The summed E-state index contributed by atoms with van der Waals surface area (Å²) >= 11 is 0. The molecule has 3 aromatic carbocycles. The van der Waals surface area contributed by atoms with Crippen molar-refractivity contribution in [3.8, 4) is 17.2 Å². The molecular formula is C33H34FN5O3. The number of carbonyl (C=O) groups is 1. The highest BCUT2D eigenvalue weighted by molar-refractivity contribution is 6.04. The molecule has 0 bridgehead atoms. The molecule has 0 atom stereocenters. The molecule has 216 valence electrons. The molecule has 0 radical (unpaired) electrons. The quantitative estimate of drug-likeness (QED) is 0.168. The third-order valence-electron chi connectivity index (χ3n) is 7.82. The molecular weight excluding hydrogens is 533 g/mol. The maximum absolute atomic E-state index is 15.8. The average Bonchev–Trinajstić information content (AvgIpc) is 3.51. The first-order chi connectivity index (χ1) is 20.5. The topological polar surface area (TPSA) is 90.2 Å². The Labute approximate surface area is 243 Å². The van der Waals surface area contributed by atoms with Crippen LogP contribution in [0.1, 0.15) is 56.3 Å². The van der Waals surface area contributed by atoms with Crippen molar-refractivity contribution < 1.29 is 13.9 Å². The van der Waals surface area contributed by atoms with Gasteiger partial charge < -0.3 is 24.5 Å². The Morgan fingerprint density at radius 3 is 2.67 bits per heavy atom. The number of aromatic nitrogens is 3. The maximum Gasteiger partial charge on any atom is 0.257 e. The summed E-state index contributed by atoms with van der Waals surface area (Å²) < 4.78 is 25.9. The summed E-state index contributed by atoms with van der Waals surface area (Å²) in [5.74, 6) is -0.316. The second kappa shape index (κ2) is 11.7. The van der Waals surface area contributed by atoms with Gasteiger partial charge in [-0.15, -0.1) is 0 Å². The van der Waals surface area contributed by atoms with Crippen molar-refractivity contribution in [1.82, 2.24) is 19.4 Å². The monoisotopic (exact) mass is 567 g/mol. The fourth-order valence-electron chi connectivity index (χ4n) is 5.85. The van der Waals surface area contributed by atoms with Gasteiger partial charge in [0.1, 0.15) is 16.8 Å². The van der Waals surface area contributed by atoms with Crippen molar-refractivity contribution in [2.45, 2.75) is 58.5 Å². The first-order valence-electron chi connectivity index (χ1n) is 14.6. The third-order valence-corrected chi connectivity index (χ3v) is 7.82. The van der Waals surface area contributed by atoms with Crippen LogP contribution in [0.4, 0.5) is 10.1 Å². The molecule has 8 nitrogen and oxygen atoms in total. The van der Waals surface area contributed by atoms with Crippen LogP contribution < -0.4 is 20.8 Å². The van der Waals surface area contributed by atoms with Gasteiger partial charge >= 0.3 is 0 Å². The number of nitrogens with one attached hydrogen (secondary N) is 2. The molecule has 2 aromatic heterocycles. The Hall–Kier alpha value is -4.66. The lowest BCUT2D eigenvalue weighted by Crippen LogP contribution is -2.37. The third kappa shape index (κ3) is 5.00. The Balaban J connectivity index is 1.49. The van der Waals surface area contributed by atoms with E-state index in [1.54, 1.807) is 18.7 Å². The van der Waals surface area contributed by atoms with Crippen LogP contribution in [0.15, 0.2) is 72.2 Å². The number of imidazole rings is 1. The smallest absolute Gasteiger partial charge is 0.257 e. The lowest BCUT2D eigenvalue weighted by atomic mass is 10.0. The van der Waals surface area contributed by atoms with Gasteiger partial charge in [-0.05, 0) is 36.8 Å². The Kier molecular flexibility index (Phi) is 7.65. The molecule has 0 saturated carbocycles. The summed E-state index contributed by atoms with van der Waals surface area (Å²) in [4.78, 5) is 31.4. The molecule has 1 amide bonds. The molecule has 3 heterocycles. The molecule has 0 spiro atoms. The van der Waals surface area contributed by atoms with Crippen molar-refractivity contribution in [2.24, 2.45) is 0 Å². The number of amides is 1. The number of benzene rings is 3. The van der Waals surface area contributed by atoms with E-state index < -0.39 is 17.2 Å². The van der Waals surface area contributed by atoms with Crippen LogP contribution in [-0.2, 0) is 6.54 Å². The predicted octanol–water partition coefficient (Wildman–Crippen LogP) is 6.79. The van der Waals surface area contributed by atoms with Crippen LogP contribution in [0, 0.1) is 5.82 Å². The molecule has 6 rings (SSSR count). The number of hydrogen-bond donors (Lipinski definition) is 2. The van der Waals surface area contributed by atoms with Crippen LogP contribution in [-0.4, -0.2) is 32.6 Å². The number of ether oxygens (including phenoxy) is 1. The van der Waals surface area contributed by atoms with Gasteiger partial charge in [-0.3, -0.25) is 9.59 Å². The minimum atomic E-state index is -0.611. The van der Waals surface area contributed by atoms with Crippen LogP contribution in [0.25, 0.3) is 27.4 Å². The fourth-order valence-corrected chi connectivity index (χ4v) is 5.85. The zero-order chi connectivity index (χ0) is 29.2. The molecule has 0 saturated heterocycles.